The number of rotatable bonds is 8. The number of amides is 1. The Morgan fingerprint density at radius 3 is 2.46 bits per heavy atom. The number of carbonyl (C=O) groups is 3. The van der Waals surface area contributed by atoms with Crippen LogP contribution in [-0.4, -0.2) is 40.5 Å². The summed E-state index contributed by atoms with van der Waals surface area (Å²) in [5, 5.41) is 2.67. The molecule has 0 spiro atoms. The number of benzene rings is 2. The number of ether oxygens (including phenoxy) is 2. The van der Waals surface area contributed by atoms with Crippen molar-refractivity contribution in [2.45, 2.75) is 20.3 Å². The lowest BCUT2D eigenvalue weighted by atomic mass is 9.99. The van der Waals surface area contributed by atoms with Gasteiger partial charge in [-0.05, 0) is 61.7 Å². The molecule has 2 aromatic carbocycles. The molecule has 2 aromatic heterocycles. The van der Waals surface area contributed by atoms with Gasteiger partial charge in [0.25, 0.3) is 11.5 Å². The number of pyridine rings is 2. The van der Waals surface area contributed by atoms with Gasteiger partial charge in [0.2, 0.25) is 0 Å². The normalized spacial score (nSPS) is 10.8. The fraction of sp³-hybridized carbons (Fsp3) is 0.207. The minimum absolute atomic E-state index is 0.00404. The highest BCUT2D eigenvalue weighted by Gasteiger charge is 2.27. The Morgan fingerprint density at radius 1 is 1.03 bits per heavy atom. The van der Waals surface area contributed by atoms with Crippen LogP contribution in [0.5, 0.6) is 5.75 Å². The van der Waals surface area contributed by atoms with Gasteiger partial charge in [0.1, 0.15) is 11.3 Å². The Kier molecular flexibility index (Phi) is 8.14. The van der Waals surface area contributed by atoms with Gasteiger partial charge in [-0.15, -0.1) is 0 Å². The number of aryl methyl sites for hydroxylation is 1. The molecular formula is C29H26FN3O6. The average molecular weight is 532 g/mol. The number of hydrogen-bond acceptors (Lipinski definition) is 7. The number of hydrogen-bond donors (Lipinski definition) is 1. The van der Waals surface area contributed by atoms with E-state index in [0.29, 0.717) is 17.7 Å². The summed E-state index contributed by atoms with van der Waals surface area (Å²) in [7, 11) is 1.46. The van der Waals surface area contributed by atoms with Crippen molar-refractivity contribution >= 4 is 28.9 Å². The van der Waals surface area contributed by atoms with E-state index < -0.39 is 34.8 Å². The largest absolute Gasteiger partial charge is 0.462 e. The summed E-state index contributed by atoms with van der Waals surface area (Å²) in [4.78, 5) is 55.9. The maximum absolute atomic E-state index is 13.9. The van der Waals surface area contributed by atoms with Crippen molar-refractivity contribution in [1.29, 1.82) is 0 Å². The smallest absolute Gasteiger partial charge is 0.347 e. The van der Waals surface area contributed by atoms with Crippen molar-refractivity contribution in [2.75, 3.05) is 13.2 Å². The van der Waals surface area contributed by atoms with Crippen LogP contribution in [0.4, 0.5) is 4.39 Å². The fourth-order valence-electron chi connectivity index (χ4n) is 4.11. The Hall–Kier alpha value is -4.86. The third-order valence-corrected chi connectivity index (χ3v) is 5.98. The van der Waals surface area contributed by atoms with Crippen molar-refractivity contribution in [3.8, 4) is 5.75 Å². The van der Waals surface area contributed by atoms with Crippen LogP contribution < -0.4 is 15.6 Å². The van der Waals surface area contributed by atoms with Crippen molar-refractivity contribution in [1.82, 2.24) is 14.9 Å². The second-order valence-corrected chi connectivity index (χ2v) is 8.59. The van der Waals surface area contributed by atoms with Crippen molar-refractivity contribution < 1.29 is 28.2 Å². The predicted molar refractivity (Wildman–Crippen MR) is 142 cm³/mol. The third-order valence-electron chi connectivity index (χ3n) is 5.98. The Morgan fingerprint density at radius 2 is 1.77 bits per heavy atom. The van der Waals surface area contributed by atoms with Gasteiger partial charge in [0.05, 0.1) is 17.7 Å². The summed E-state index contributed by atoms with van der Waals surface area (Å²) >= 11 is 0. The molecule has 2 heterocycles. The first-order valence-corrected chi connectivity index (χ1v) is 12.3. The second-order valence-electron chi connectivity index (χ2n) is 8.59. The number of aromatic nitrogens is 2. The zero-order valence-electron chi connectivity index (χ0n) is 21.6. The molecule has 0 saturated heterocycles. The topological polar surface area (TPSA) is 117 Å². The van der Waals surface area contributed by atoms with Gasteiger partial charge in [-0.1, -0.05) is 24.3 Å². The summed E-state index contributed by atoms with van der Waals surface area (Å²) < 4.78 is 25.8. The first-order chi connectivity index (χ1) is 18.7. The van der Waals surface area contributed by atoms with Gasteiger partial charge in [-0.2, -0.15) is 0 Å². The SMILES string of the molecule is CCNC(=O)c1cc(F)ccc1Cc1cnc2c(OC(=O)c3ccccc3)c(C(=O)OCC)c(=O)n(C)c2c1. The molecule has 0 atom stereocenters. The molecule has 10 heteroatoms. The number of halogens is 1. The quantitative estimate of drug-likeness (QED) is 0.344. The van der Waals surface area contributed by atoms with Crippen molar-refractivity contribution in [2.24, 2.45) is 7.05 Å². The molecule has 0 aliphatic carbocycles. The number of nitrogens with zero attached hydrogens (tertiary/aromatic N) is 2. The van der Waals surface area contributed by atoms with Crippen LogP contribution in [-0.2, 0) is 18.2 Å². The summed E-state index contributed by atoms with van der Waals surface area (Å²) in [5.74, 6) is -2.99. The lowest BCUT2D eigenvalue weighted by Crippen LogP contribution is -2.28. The molecule has 0 fully saturated rings. The van der Waals surface area contributed by atoms with E-state index in [4.69, 9.17) is 9.47 Å². The van der Waals surface area contributed by atoms with Gasteiger partial charge in [0.15, 0.2) is 11.3 Å². The standard InChI is InChI=1S/C29H26FN3O6/c1-4-31-26(34)21-15-20(30)12-11-19(21)13-17-14-22-24(32-16-17)25(39-28(36)18-9-7-6-8-10-18)23(27(35)33(22)3)29(37)38-5-2/h6-12,14-16H,4-5,13H2,1-3H3,(H,31,34). The van der Waals surface area contributed by atoms with Crippen LogP contribution in [0.2, 0.25) is 0 Å². The van der Waals surface area contributed by atoms with E-state index in [1.807, 2.05) is 0 Å². The third kappa shape index (κ3) is 5.69. The van der Waals surface area contributed by atoms with E-state index in [-0.39, 0.29) is 40.9 Å². The van der Waals surface area contributed by atoms with E-state index in [0.717, 1.165) is 6.07 Å². The molecule has 0 saturated carbocycles. The Bertz CT molecular complexity index is 1630. The minimum atomic E-state index is -0.945. The monoisotopic (exact) mass is 531 g/mol. The maximum atomic E-state index is 13.9. The highest BCUT2D eigenvalue weighted by Crippen LogP contribution is 2.29. The summed E-state index contributed by atoms with van der Waals surface area (Å²) in [6, 6.07) is 13.7. The molecule has 1 amide bonds. The predicted octanol–water partition coefficient (Wildman–Crippen LogP) is 3.81. The summed E-state index contributed by atoms with van der Waals surface area (Å²) in [5.41, 5.74) is 0.729. The zero-order valence-corrected chi connectivity index (χ0v) is 21.6. The number of carbonyl (C=O) groups excluding carboxylic acids is 3. The molecule has 0 unspecified atom stereocenters. The molecule has 0 aliphatic rings. The van der Waals surface area contributed by atoms with E-state index >= 15 is 0 Å². The first kappa shape index (κ1) is 27.2. The number of nitrogens with one attached hydrogen (secondary N) is 1. The summed E-state index contributed by atoms with van der Waals surface area (Å²) in [6.07, 6.45) is 1.68. The van der Waals surface area contributed by atoms with E-state index in [1.165, 1.54) is 42.1 Å². The maximum Gasteiger partial charge on any atom is 0.347 e. The molecule has 9 nitrogen and oxygen atoms in total. The van der Waals surface area contributed by atoms with Crippen LogP contribution in [0.3, 0.4) is 0 Å². The lowest BCUT2D eigenvalue weighted by Gasteiger charge is -2.15. The Balaban J connectivity index is 1.84. The van der Waals surface area contributed by atoms with Crippen molar-refractivity contribution in [3.63, 3.8) is 0 Å². The van der Waals surface area contributed by atoms with E-state index in [9.17, 15) is 23.6 Å². The fourth-order valence-corrected chi connectivity index (χ4v) is 4.11. The Labute approximate surface area is 223 Å². The average Bonchev–Trinajstić information content (AvgIpc) is 2.93. The molecule has 4 rings (SSSR count). The highest BCUT2D eigenvalue weighted by atomic mass is 19.1. The van der Waals surface area contributed by atoms with Crippen LogP contribution in [0, 0.1) is 5.82 Å². The second kappa shape index (κ2) is 11.7. The van der Waals surface area contributed by atoms with Gasteiger partial charge < -0.3 is 19.4 Å². The van der Waals surface area contributed by atoms with Crippen LogP contribution >= 0.6 is 0 Å². The van der Waals surface area contributed by atoms with Gasteiger partial charge in [-0.3, -0.25) is 14.6 Å². The molecule has 4 aromatic rings. The van der Waals surface area contributed by atoms with Crippen LogP contribution in [0.15, 0.2) is 65.6 Å². The lowest BCUT2D eigenvalue weighted by molar-refractivity contribution is 0.0518. The highest BCUT2D eigenvalue weighted by molar-refractivity contribution is 6.02. The van der Waals surface area contributed by atoms with Crippen LogP contribution in [0.1, 0.15) is 56.0 Å². The molecular weight excluding hydrogens is 505 g/mol. The zero-order chi connectivity index (χ0) is 28.1. The number of fused-ring (bicyclic) bond motifs is 1. The van der Waals surface area contributed by atoms with Gasteiger partial charge in [0, 0.05) is 25.4 Å². The molecule has 0 aliphatic heterocycles. The van der Waals surface area contributed by atoms with E-state index in [2.05, 4.69) is 10.3 Å². The minimum Gasteiger partial charge on any atom is -0.462 e. The van der Waals surface area contributed by atoms with Gasteiger partial charge in [-0.25, -0.2) is 14.0 Å². The molecule has 200 valence electrons. The first-order valence-electron chi connectivity index (χ1n) is 12.3. The molecule has 1 N–H and O–H groups in total. The molecule has 0 bridgehead atoms. The van der Waals surface area contributed by atoms with Crippen molar-refractivity contribution in [3.05, 3.63) is 105 Å². The molecule has 0 radical (unpaired) electrons. The van der Waals surface area contributed by atoms with Crippen LogP contribution in [0.25, 0.3) is 11.0 Å². The summed E-state index contributed by atoms with van der Waals surface area (Å²) in [6.45, 7) is 3.73. The van der Waals surface area contributed by atoms with Gasteiger partial charge >= 0.3 is 11.9 Å². The molecule has 39 heavy (non-hydrogen) atoms. The van der Waals surface area contributed by atoms with E-state index in [1.54, 1.807) is 38.1 Å². The number of esters is 2.